The van der Waals surface area contributed by atoms with Crippen molar-refractivity contribution in [2.75, 3.05) is 4.90 Å². The standard InChI is InChI=1S/C52H36N2/c1-4-13-37(14-5-1)39-25-30-45(31-26-39)53(46-32-27-40(28-33-46)38-15-6-2-7-16-38)47-20-12-17-42(35-47)43-24-23-41-29-34-49-48-21-10-11-22-51(48)54(52(49)50(41)36-43)44-18-8-3-9-19-44/h1-36H. The number of hydrogen-bond donors (Lipinski definition) is 0. The predicted molar refractivity (Wildman–Crippen MR) is 229 cm³/mol. The molecule has 0 saturated heterocycles. The molecule has 254 valence electrons. The fourth-order valence-electron chi connectivity index (χ4n) is 7.94. The van der Waals surface area contributed by atoms with E-state index >= 15 is 0 Å². The molecule has 0 N–H and O–H groups in total. The van der Waals surface area contributed by atoms with Crippen LogP contribution in [0.25, 0.3) is 71.6 Å². The third-order valence-electron chi connectivity index (χ3n) is 10.6. The molecular weight excluding hydrogens is 653 g/mol. The van der Waals surface area contributed by atoms with E-state index < -0.39 is 0 Å². The summed E-state index contributed by atoms with van der Waals surface area (Å²) in [4.78, 5) is 2.36. The van der Waals surface area contributed by atoms with Crippen LogP contribution in [0.15, 0.2) is 218 Å². The van der Waals surface area contributed by atoms with Crippen LogP contribution in [0.1, 0.15) is 0 Å². The van der Waals surface area contributed by atoms with Gasteiger partial charge in [0, 0.05) is 38.9 Å². The molecule has 0 unspecified atom stereocenters. The van der Waals surface area contributed by atoms with Crippen molar-refractivity contribution in [2.24, 2.45) is 0 Å². The summed E-state index contributed by atoms with van der Waals surface area (Å²) >= 11 is 0. The van der Waals surface area contributed by atoms with Gasteiger partial charge in [0.25, 0.3) is 0 Å². The van der Waals surface area contributed by atoms with Gasteiger partial charge in [-0.05, 0) is 99.4 Å². The average molecular weight is 689 g/mol. The highest BCUT2D eigenvalue weighted by atomic mass is 15.1. The zero-order valence-corrected chi connectivity index (χ0v) is 29.7. The summed E-state index contributed by atoms with van der Waals surface area (Å²) in [5, 5.41) is 4.98. The van der Waals surface area contributed by atoms with Crippen molar-refractivity contribution in [1.82, 2.24) is 4.57 Å². The van der Waals surface area contributed by atoms with E-state index in [4.69, 9.17) is 0 Å². The van der Waals surface area contributed by atoms with Crippen LogP contribution in [0.3, 0.4) is 0 Å². The first kappa shape index (κ1) is 31.6. The van der Waals surface area contributed by atoms with E-state index in [0.717, 1.165) is 22.7 Å². The lowest BCUT2D eigenvalue weighted by Gasteiger charge is -2.26. The van der Waals surface area contributed by atoms with E-state index in [2.05, 4.69) is 228 Å². The van der Waals surface area contributed by atoms with Gasteiger partial charge < -0.3 is 9.47 Å². The molecule has 0 aliphatic rings. The smallest absolute Gasteiger partial charge is 0.0619 e. The van der Waals surface area contributed by atoms with E-state index in [1.807, 2.05) is 0 Å². The second kappa shape index (κ2) is 13.4. The molecular formula is C52H36N2. The number of fused-ring (bicyclic) bond motifs is 5. The van der Waals surface area contributed by atoms with Gasteiger partial charge in [0.2, 0.25) is 0 Å². The fourth-order valence-corrected chi connectivity index (χ4v) is 7.94. The number of hydrogen-bond acceptors (Lipinski definition) is 1. The Morgan fingerprint density at radius 2 is 0.796 bits per heavy atom. The first-order valence-corrected chi connectivity index (χ1v) is 18.5. The van der Waals surface area contributed by atoms with Crippen molar-refractivity contribution in [3.05, 3.63) is 218 Å². The van der Waals surface area contributed by atoms with Crippen molar-refractivity contribution in [2.45, 2.75) is 0 Å². The SMILES string of the molecule is c1ccc(-c2ccc(N(c3ccc(-c4ccccc4)cc3)c3cccc(-c4ccc5ccc6c7ccccc7n(-c7ccccc7)c6c5c4)c3)cc2)cc1. The van der Waals surface area contributed by atoms with E-state index in [1.54, 1.807) is 0 Å². The number of nitrogens with zero attached hydrogens (tertiary/aromatic N) is 2. The molecule has 0 amide bonds. The normalized spacial score (nSPS) is 11.3. The average Bonchev–Trinajstić information content (AvgIpc) is 3.60. The summed E-state index contributed by atoms with van der Waals surface area (Å²) in [6.07, 6.45) is 0. The van der Waals surface area contributed by atoms with Crippen LogP contribution >= 0.6 is 0 Å². The molecule has 0 spiro atoms. The molecule has 9 aromatic carbocycles. The van der Waals surface area contributed by atoms with Gasteiger partial charge in [-0.25, -0.2) is 0 Å². The highest BCUT2D eigenvalue weighted by Crippen LogP contribution is 2.41. The Morgan fingerprint density at radius 1 is 0.296 bits per heavy atom. The molecule has 10 rings (SSSR count). The van der Waals surface area contributed by atoms with Crippen molar-refractivity contribution < 1.29 is 0 Å². The topological polar surface area (TPSA) is 8.17 Å². The monoisotopic (exact) mass is 688 g/mol. The van der Waals surface area contributed by atoms with Crippen LogP contribution in [-0.2, 0) is 0 Å². The number of aromatic nitrogens is 1. The first-order valence-electron chi connectivity index (χ1n) is 18.5. The molecule has 10 aromatic rings. The Morgan fingerprint density at radius 3 is 1.44 bits per heavy atom. The maximum atomic E-state index is 2.42. The maximum absolute atomic E-state index is 2.42. The summed E-state index contributed by atoms with van der Waals surface area (Å²) < 4.78 is 2.42. The van der Waals surface area contributed by atoms with Gasteiger partial charge >= 0.3 is 0 Å². The number of anilines is 3. The Bertz CT molecular complexity index is 2810. The van der Waals surface area contributed by atoms with Crippen molar-refractivity contribution in [3.8, 4) is 39.1 Å². The quantitative estimate of drug-likeness (QED) is 0.162. The molecule has 2 nitrogen and oxygen atoms in total. The third-order valence-corrected chi connectivity index (χ3v) is 10.6. The van der Waals surface area contributed by atoms with E-state index in [-0.39, 0.29) is 0 Å². The number of rotatable bonds is 7. The Hall–Kier alpha value is -7.16. The van der Waals surface area contributed by atoms with Crippen LogP contribution < -0.4 is 4.90 Å². The molecule has 1 aromatic heterocycles. The van der Waals surface area contributed by atoms with Crippen LogP contribution in [0, 0.1) is 0 Å². The molecule has 0 radical (unpaired) electrons. The summed E-state index contributed by atoms with van der Waals surface area (Å²) in [5.41, 5.74) is 14.1. The van der Waals surface area contributed by atoms with E-state index in [1.165, 1.54) is 66.0 Å². The third kappa shape index (κ3) is 5.62. The molecule has 1 heterocycles. The summed E-state index contributed by atoms with van der Waals surface area (Å²) in [7, 11) is 0. The van der Waals surface area contributed by atoms with Gasteiger partial charge in [-0.2, -0.15) is 0 Å². The number of benzene rings is 9. The lowest BCUT2D eigenvalue weighted by Crippen LogP contribution is -2.10. The largest absolute Gasteiger partial charge is 0.310 e. The Kier molecular flexibility index (Phi) is 7.85. The van der Waals surface area contributed by atoms with Gasteiger partial charge in [-0.1, -0.05) is 158 Å². The Labute approximate surface area is 315 Å². The van der Waals surface area contributed by atoms with Crippen LogP contribution in [0.5, 0.6) is 0 Å². The predicted octanol–water partition coefficient (Wildman–Crippen LogP) is 14.4. The van der Waals surface area contributed by atoms with Crippen molar-refractivity contribution in [1.29, 1.82) is 0 Å². The zero-order valence-electron chi connectivity index (χ0n) is 29.7. The second-order valence-electron chi connectivity index (χ2n) is 13.8. The minimum atomic E-state index is 1.10. The minimum Gasteiger partial charge on any atom is -0.310 e. The number of para-hydroxylation sites is 2. The zero-order chi connectivity index (χ0) is 35.8. The molecule has 0 aliphatic heterocycles. The van der Waals surface area contributed by atoms with Crippen LogP contribution in [0.2, 0.25) is 0 Å². The summed E-state index contributed by atoms with van der Waals surface area (Å²) in [6.45, 7) is 0. The molecule has 0 bridgehead atoms. The second-order valence-corrected chi connectivity index (χ2v) is 13.8. The highest BCUT2D eigenvalue weighted by molar-refractivity contribution is 6.19. The van der Waals surface area contributed by atoms with Gasteiger partial charge in [0.05, 0.1) is 11.0 Å². The Balaban J connectivity index is 1.11. The summed E-state index contributed by atoms with van der Waals surface area (Å²) in [6, 6.07) is 78.8. The molecule has 0 fully saturated rings. The van der Waals surface area contributed by atoms with Gasteiger partial charge in [0.1, 0.15) is 0 Å². The van der Waals surface area contributed by atoms with Gasteiger partial charge in [-0.15, -0.1) is 0 Å². The fraction of sp³-hybridized carbons (Fsp3) is 0. The van der Waals surface area contributed by atoms with Gasteiger partial charge in [0.15, 0.2) is 0 Å². The van der Waals surface area contributed by atoms with E-state index in [0.29, 0.717) is 0 Å². The van der Waals surface area contributed by atoms with Gasteiger partial charge in [-0.3, -0.25) is 0 Å². The van der Waals surface area contributed by atoms with Crippen molar-refractivity contribution in [3.63, 3.8) is 0 Å². The molecule has 0 atom stereocenters. The van der Waals surface area contributed by atoms with Crippen LogP contribution in [0.4, 0.5) is 17.1 Å². The molecule has 0 aliphatic carbocycles. The lowest BCUT2D eigenvalue weighted by atomic mass is 9.98. The highest BCUT2D eigenvalue weighted by Gasteiger charge is 2.17. The lowest BCUT2D eigenvalue weighted by molar-refractivity contribution is 1.19. The minimum absolute atomic E-state index is 1.10. The molecule has 54 heavy (non-hydrogen) atoms. The maximum Gasteiger partial charge on any atom is 0.0619 e. The van der Waals surface area contributed by atoms with Crippen molar-refractivity contribution >= 4 is 49.6 Å². The molecule has 2 heteroatoms. The molecule has 0 saturated carbocycles. The summed E-state index contributed by atoms with van der Waals surface area (Å²) in [5.74, 6) is 0. The van der Waals surface area contributed by atoms with E-state index in [9.17, 15) is 0 Å². The van der Waals surface area contributed by atoms with Crippen LogP contribution in [-0.4, -0.2) is 4.57 Å². The first-order chi connectivity index (χ1) is 26.8.